The number of amides is 1. The molecule has 0 aliphatic carbocycles. The van der Waals surface area contributed by atoms with Crippen LogP contribution in [0, 0.1) is 11.6 Å². The first-order valence-corrected chi connectivity index (χ1v) is 6.11. The van der Waals surface area contributed by atoms with Crippen LogP contribution in [0.25, 0.3) is 0 Å². The van der Waals surface area contributed by atoms with Crippen molar-refractivity contribution in [1.29, 1.82) is 0 Å². The fourth-order valence-electron chi connectivity index (χ4n) is 2.12. The first kappa shape index (κ1) is 13.0. The van der Waals surface area contributed by atoms with Crippen molar-refractivity contribution in [2.24, 2.45) is 0 Å². The molecule has 1 fully saturated rings. The van der Waals surface area contributed by atoms with E-state index in [2.05, 4.69) is 5.32 Å². The summed E-state index contributed by atoms with van der Waals surface area (Å²) in [5.74, 6) is -1.28. The number of nitrogens with zero attached hydrogens (tertiary/aromatic N) is 1. The van der Waals surface area contributed by atoms with E-state index in [9.17, 15) is 13.6 Å². The van der Waals surface area contributed by atoms with Crippen molar-refractivity contribution in [2.75, 3.05) is 13.1 Å². The maximum absolute atomic E-state index is 13.7. The van der Waals surface area contributed by atoms with Crippen molar-refractivity contribution in [3.63, 3.8) is 0 Å². The van der Waals surface area contributed by atoms with E-state index in [1.165, 1.54) is 12.1 Å². The van der Waals surface area contributed by atoms with Crippen molar-refractivity contribution < 1.29 is 13.6 Å². The Hall–Kier alpha value is -1.49. The molecule has 1 atom stereocenters. The first-order chi connectivity index (χ1) is 8.63. The highest BCUT2D eigenvalue weighted by Crippen LogP contribution is 2.25. The predicted octanol–water partition coefficient (Wildman–Crippen LogP) is 2.20. The summed E-state index contributed by atoms with van der Waals surface area (Å²) in [6.07, 6.45) is 1.35. The van der Waals surface area contributed by atoms with E-state index in [-0.39, 0.29) is 12.5 Å². The van der Waals surface area contributed by atoms with Crippen LogP contribution in [-0.2, 0) is 4.79 Å². The van der Waals surface area contributed by atoms with E-state index in [1.54, 1.807) is 4.90 Å². The fraction of sp³-hybridized carbons (Fsp3) is 0.462. The molecule has 0 radical (unpaired) electrons. The highest BCUT2D eigenvalue weighted by molar-refractivity contribution is 5.80. The SMILES string of the molecule is CCCCN1C(=O)CNC1c1ccc(F)cc1F. The third-order valence-corrected chi connectivity index (χ3v) is 3.09. The molecule has 2 rings (SSSR count). The summed E-state index contributed by atoms with van der Waals surface area (Å²) in [6, 6.07) is 3.44. The van der Waals surface area contributed by atoms with Gasteiger partial charge in [0.15, 0.2) is 0 Å². The second kappa shape index (κ2) is 5.44. The Bertz CT molecular complexity index is 451. The number of hydrogen-bond donors (Lipinski definition) is 1. The minimum atomic E-state index is -0.622. The van der Waals surface area contributed by atoms with Crippen molar-refractivity contribution in [3.05, 3.63) is 35.4 Å². The zero-order chi connectivity index (χ0) is 13.1. The third-order valence-electron chi connectivity index (χ3n) is 3.09. The second-order valence-corrected chi connectivity index (χ2v) is 4.39. The molecule has 0 aromatic heterocycles. The molecule has 1 heterocycles. The number of benzene rings is 1. The average molecular weight is 254 g/mol. The van der Waals surface area contributed by atoms with Gasteiger partial charge in [0.2, 0.25) is 5.91 Å². The molecule has 0 spiro atoms. The van der Waals surface area contributed by atoms with E-state index < -0.39 is 17.8 Å². The van der Waals surface area contributed by atoms with Crippen LogP contribution in [0.5, 0.6) is 0 Å². The second-order valence-electron chi connectivity index (χ2n) is 4.39. The van der Waals surface area contributed by atoms with Gasteiger partial charge in [-0.25, -0.2) is 8.78 Å². The number of hydrogen-bond acceptors (Lipinski definition) is 2. The normalized spacial score (nSPS) is 19.6. The van der Waals surface area contributed by atoms with Gasteiger partial charge in [-0.15, -0.1) is 0 Å². The summed E-state index contributed by atoms with van der Waals surface area (Å²) < 4.78 is 26.6. The highest BCUT2D eigenvalue weighted by atomic mass is 19.1. The van der Waals surface area contributed by atoms with E-state index in [4.69, 9.17) is 0 Å². The van der Waals surface area contributed by atoms with Crippen LogP contribution in [0.1, 0.15) is 31.5 Å². The number of halogens is 2. The van der Waals surface area contributed by atoms with Crippen molar-refractivity contribution in [1.82, 2.24) is 10.2 Å². The number of carbonyl (C=O) groups excluding carboxylic acids is 1. The molecule has 1 N–H and O–H groups in total. The quantitative estimate of drug-likeness (QED) is 0.893. The first-order valence-electron chi connectivity index (χ1n) is 6.11. The number of carbonyl (C=O) groups is 1. The summed E-state index contributed by atoms with van der Waals surface area (Å²) in [5, 5.41) is 2.96. The summed E-state index contributed by atoms with van der Waals surface area (Å²) in [4.78, 5) is 13.3. The molecule has 1 aliphatic rings. The summed E-state index contributed by atoms with van der Waals surface area (Å²) >= 11 is 0. The van der Waals surface area contributed by atoms with Gasteiger partial charge in [-0.3, -0.25) is 10.1 Å². The van der Waals surface area contributed by atoms with E-state index >= 15 is 0 Å². The molecule has 3 nitrogen and oxygen atoms in total. The van der Waals surface area contributed by atoms with Crippen LogP contribution < -0.4 is 5.32 Å². The zero-order valence-corrected chi connectivity index (χ0v) is 10.2. The molecular formula is C13H16F2N2O. The van der Waals surface area contributed by atoms with Gasteiger partial charge in [0, 0.05) is 18.2 Å². The lowest BCUT2D eigenvalue weighted by Gasteiger charge is -2.24. The van der Waals surface area contributed by atoms with E-state index in [0.29, 0.717) is 12.1 Å². The molecule has 1 aromatic rings. The Morgan fingerprint density at radius 2 is 2.22 bits per heavy atom. The van der Waals surface area contributed by atoms with Gasteiger partial charge in [0.1, 0.15) is 17.8 Å². The Morgan fingerprint density at radius 3 is 2.89 bits per heavy atom. The van der Waals surface area contributed by atoms with E-state index in [1.807, 2.05) is 6.92 Å². The average Bonchev–Trinajstić information content (AvgIpc) is 2.68. The molecule has 1 aromatic carbocycles. The van der Waals surface area contributed by atoms with Gasteiger partial charge in [-0.2, -0.15) is 0 Å². The van der Waals surface area contributed by atoms with Gasteiger partial charge in [0.05, 0.1) is 6.54 Å². The van der Waals surface area contributed by atoms with Crippen LogP contribution in [0.15, 0.2) is 18.2 Å². The molecule has 5 heteroatoms. The van der Waals surface area contributed by atoms with Crippen LogP contribution in [0.3, 0.4) is 0 Å². The number of nitrogens with one attached hydrogen (secondary N) is 1. The number of unbranched alkanes of at least 4 members (excludes halogenated alkanes) is 1. The van der Waals surface area contributed by atoms with Crippen LogP contribution in [-0.4, -0.2) is 23.9 Å². The molecule has 0 bridgehead atoms. The lowest BCUT2D eigenvalue weighted by molar-refractivity contribution is -0.128. The summed E-state index contributed by atoms with van der Waals surface area (Å²) in [7, 11) is 0. The predicted molar refractivity (Wildman–Crippen MR) is 63.7 cm³/mol. The molecule has 98 valence electrons. The monoisotopic (exact) mass is 254 g/mol. The Kier molecular flexibility index (Phi) is 3.91. The van der Waals surface area contributed by atoms with Crippen LogP contribution in [0.2, 0.25) is 0 Å². The minimum Gasteiger partial charge on any atom is -0.322 e. The largest absolute Gasteiger partial charge is 0.322 e. The van der Waals surface area contributed by atoms with Crippen molar-refractivity contribution in [3.8, 4) is 0 Å². The standard InChI is InChI=1S/C13H16F2N2O/c1-2-3-6-17-12(18)8-16-13(17)10-5-4-9(14)7-11(10)15/h4-5,7,13,16H,2-3,6,8H2,1H3. The van der Waals surface area contributed by atoms with Crippen LogP contribution in [0.4, 0.5) is 8.78 Å². The maximum Gasteiger partial charge on any atom is 0.238 e. The van der Waals surface area contributed by atoms with E-state index in [0.717, 1.165) is 18.9 Å². The van der Waals surface area contributed by atoms with Gasteiger partial charge in [-0.05, 0) is 18.6 Å². The zero-order valence-electron chi connectivity index (χ0n) is 10.2. The van der Waals surface area contributed by atoms with Gasteiger partial charge < -0.3 is 4.90 Å². The van der Waals surface area contributed by atoms with Gasteiger partial charge in [0.25, 0.3) is 0 Å². The smallest absolute Gasteiger partial charge is 0.238 e. The maximum atomic E-state index is 13.7. The van der Waals surface area contributed by atoms with Gasteiger partial charge >= 0.3 is 0 Å². The summed E-state index contributed by atoms with van der Waals surface area (Å²) in [6.45, 7) is 2.82. The number of rotatable bonds is 4. The molecule has 1 amide bonds. The molecule has 1 unspecified atom stereocenters. The Balaban J connectivity index is 2.22. The van der Waals surface area contributed by atoms with Crippen molar-refractivity contribution >= 4 is 5.91 Å². The molecule has 1 aliphatic heterocycles. The topological polar surface area (TPSA) is 32.3 Å². The Morgan fingerprint density at radius 1 is 1.44 bits per heavy atom. The summed E-state index contributed by atoms with van der Waals surface area (Å²) in [5.41, 5.74) is 0.318. The molecule has 18 heavy (non-hydrogen) atoms. The molecular weight excluding hydrogens is 238 g/mol. The fourth-order valence-corrected chi connectivity index (χ4v) is 2.12. The molecule has 1 saturated heterocycles. The lowest BCUT2D eigenvalue weighted by atomic mass is 10.1. The highest BCUT2D eigenvalue weighted by Gasteiger charge is 2.32. The lowest BCUT2D eigenvalue weighted by Crippen LogP contribution is -2.31. The minimum absolute atomic E-state index is 0.0443. The molecule has 0 saturated carbocycles. The van der Waals surface area contributed by atoms with Gasteiger partial charge in [-0.1, -0.05) is 13.3 Å². The van der Waals surface area contributed by atoms with Crippen LogP contribution >= 0.6 is 0 Å². The van der Waals surface area contributed by atoms with Crippen molar-refractivity contribution in [2.45, 2.75) is 25.9 Å². The Labute approximate surface area is 105 Å². The third kappa shape index (κ3) is 2.51.